The lowest BCUT2D eigenvalue weighted by molar-refractivity contribution is -0.150. The second-order valence-corrected chi connectivity index (χ2v) is 6.75. The number of aromatic amines is 1. The minimum absolute atomic E-state index is 0.0364. The zero-order chi connectivity index (χ0) is 15.8. The maximum absolute atomic E-state index is 12.6. The summed E-state index contributed by atoms with van der Waals surface area (Å²) in [5.74, 6) is -0.761. The zero-order valence-electron chi connectivity index (χ0n) is 12.9. The van der Waals surface area contributed by atoms with Gasteiger partial charge in [0, 0.05) is 12.0 Å². The molecule has 2 rings (SSSR count). The molecular weight excluding hydrogens is 272 g/mol. The monoisotopic (exact) mass is 294 g/mol. The summed E-state index contributed by atoms with van der Waals surface area (Å²) < 4.78 is 0. The first-order chi connectivity index (χ1) is 9.66. The smallest absolute Gasteiger partial charge is 0.329 e. The van der Waals surface area contributed by atoms with Crippen LogP contribution in [0.3, 0.4) is 0 Å². The molecule has 116 valence electrons. The number of carbonyl (C=O) groups is 2. The average molecular weight is 294 g/mol. The molecule has 7 nitrogen and oxygen atoms in total. The molecule has 21 heavy (non-hydrogen) atoms. The van der Waals surface area contributed by atoms with E-state index in [9.17, 15) is 14.7 Å². The number of hydrogen-bond acceptors (Lipinski definition) is 4. The quantitative estimate of drug-likeness (QED) is 0.862. The van der Waals surface area contributed by atoms with Crippen LogP contribution in [0.5, 0.6) is 0 Å². The van der Waals surface area contributed by atoms with E-state index in [1.54, 1.807) is 6.92 Å². The van der Waals surface area contributed by atoms with Crippen molar-refractivity contribution in [2.75, 3.05) is 6.54 Å². The molecule has 1 fully saturated rings. The van der Waals surface area contributed by atoms with Gasteiger partial charge in [0.2, 0.25) is 5.82 Å². The Labute approximate surface area is 123 Å². The first-order valence-corrected chi connectivity index (χ1v) is 7.14. The van der Waals surface area contributed by atoms with E-state index >= 15 is 0 Å². The van der Waals surface area contributed by atoms with Crippen LogP contribution in [0.4, 0.5) is 0 Å². The number of hydrogen-bond donors (Lipinski definition) is 2. The molecule has 2 N–H and O–H groups in total. The summed E-state index contributed by atoms with van der Waals surface area (Å²) in [7, 11) is 0. The highest BCUT2D eigenvalue weighted by Gasteiger charge is 2.45. The lowest BCUT2D eigenvalue weighted by Crippen LogP contribution is -2.57. The standard InChI is InChI=1S/C14H22N4O3/c1-13(2,3)11-15-9(16-17-11)10(19)18-8-6-5-7-14(18,4)12(20)21/h5-8H2,1-4H3,(H,20,21)(H,15,16,17). The Morgan fingerprint density at radius 3 is 2.52 bits per heavy atom. The third kappa shape index (κ3) is 2.77. The fourth-order valence-electron chi connectivity index (χ4n) is 2.48. The van der Waals surface area contributed by atoms with Gasteiger partial charge in [-0.1, -0.05) is 20.8 Å². The molecule has 1 aromatic heterocycles. The van der Waals surface area contributed by atoms with Gasteiger partial charge in [-0.3, -0.25) is 9.89 Å². The Balaban J connectivity index is 2.30. The van der Waals surface area contributed by atoms with Gasteiger partial charge in [0.15, 0.2) is 0 Å². The normalized spacial score (nSPS) is 23.1. The number of rotatable bonds is 2. The number of carboxylic acid groups (broad SMARTS) is 1. The van der Waals surface area contributed by atoms with Crippen molar-refractivity contribution in [3.8, 4) is 0 Å². The SMILES string of the molecule is CC(C)(C)c1nc(C(=O)N2CCCCC2(C)C(=O)O)n[nH]1. The van der Waals surface area contributed by atoms with Crippen molar-refractivity contribution in [3.05, 3.63) is 11.6 Å². The van der Waals surface area contributed by atoms with Crippen molar-refractivity contribution in [3.63, 3.8) is 0 Å². The van der Waals surface area contributed by atoms with E-state index in [4.69, 9.17) is 0 Å². The molecule has 1 unspecified atom stereocenters. The van der Waals surface area contributed by atoms with Crippen LogP contribution in [-0.2, 0) is 10.2 Å². The Morgan fingerprint density at radius 1 is 1.33 bits per heavy atom. The van der Waals surface area contributed by atoms with Gasteiger partial charge in [0.05, 0.1) is 0 Å². The van der Waals surface area contributed by atoms with Gasteiger partial charge < -0.3 is 10.0 Å². The summed E-state index contributed by atoms with van der Waals surface area (Å²) in [6.45, 7) is 7.89. The van der Waals surface area contributed by atoms with Crippen molar-refractivity contribution in [2.24, 2.45) is 0 Å². The number of likely N-dealkylation sites (tertiary alicyclic amines) is 1. The minimum Gasteiger partial charge on any atom is -0.480 e. The Hall–Kier alpha value is -1.92. The third-order valence-electron chi connectivity index (χ3n) is 3.98. The summed E-state index contributed by atoms with van der Waals surface area (Å²) in [4.78, 5) is 29.7. The van der Waals surface area contributed by atoms with E-state index in [-0.39, 0.29) is 11.2 Å². The van der Waals surface area contributed by atoms with E-state index < -0.39 is 17.4 Å². The van der Waals surface area contributed by atoms with E-state index in [0.29, 0.717) is 18.8 Å². The highest BCUT2D eigenvalue weighted by Crippen LogP contribution is 2.29. The molecular formula is C14H22N4O3. The topological polar surface area (TPSA) is 99.2 Å². The van der Waals surface area contributed by atoms with E-state index in [2.05, 4.69) is 15.2 Å². The number of carbonyl (C=O) groups excluding carboxylic acids is 1. The number of piperidine rings is 1. The van der Waals surface area contributed by atoms with Crippen molar-refractivity contribution in [1.82, 2.24) is 20.1 Å². The number of aromatic nitrogens is 3. The molecule has 1 atom stereocenters. The Morgan fingerprint density at radius 2 is 2.00 bits per heavy atom. The largest absolute Gasteiger partial charge is 0.480 e. The van der Waals surface area contributed by atoms with Gasteiger partial charge in [-0.2, -0.15) is 0 Å². The highest BCUT2D eigenvalue weighted by molar-refractivity contribution is 5.95. The van der Waals surface area contributed by atoms with E-state index in [0.717, 1.165) is 12.8 Å². The van der Waals surface area contributed by atoms with Gasteiger partial charge in [-0.05, 0) is 26.2 Å². The maximum Gasteiger partial charge on any atom is 0.329 e. The lowest BCUT2D eigenvalue weighted by Gasteiger charge is -2.40. The fraction of sp³-hybridized carbons (Fsp3) is 0.714. The molecule has 0 bridgehead atoms. The molecule has 1 saturated heterocycles. The number of H-pyrrole nitrogens is 1. The fourth-order valence-corrected chi connectivity index (χ4v) is 2.48. The van der Waals surface area contributed by atoms with Gasteiger partial charge in [0.25, 0.3) is 5.91 Å². The molecule has 1 amide bonds. The predicted octanol–water partition coefficient (Wildman–Crippen LogP) is 1.57. The van der Waals surface area contributed by atoms with Crippen LogP contribution in [0.1, 0.15) is 63.4 Å². The van der Waals surface area contributed by atoms with Crippen molar-refractivity contribution >= 4 is 11.9 Å². The van der Waals surface area contributed by atoms with E-state index in [1.807, 2.05) is 20.8 Å². The first-order valence-electron chi connectivity index (χ1n) is 7.14. The van der Waals surface area contributed by atoms with Gasteiger partial charge in [-0.15, -0.1) is 5.10 Å². The van der Waals surface area contributed by atoms with Crippen LogP contribution in [0.15, 0.2) is 0 Å². The summed E-state index contributed by atoms with van der Waals surface area (Å²) in [6, 6.07) is 0. The summed E-state index contributed by atoms with van der Waals surface area (Å²) >= 11 is 0. The minimum atomic E-state index is -1.18. The molecule has 0 aromatic carbocycles. The van der Waals surface area contributed by atoms with Gasteiger partial charge >= 0.3 is 5.97 Å². The first kappa shape index (κ1) is 15.5. The van der Waals surface area contributed by atoms with Crippen LogP contribution in [0, 0.1) is 0 Å². The van der Waals surface area contributed by atoms with E-state index in [1.165, 1.54) is 4.90 Å². The zero-order valence-corrected chi connectivity index (χ0v) is 12.9. The Kier molecular flexibility index (Phi) is 3.78. The number of nitrogens with one attached hydrogen (secondary N) is 1. The summed E-state index contributed by atoms with van der Waals surface area (Å²) in [5, 5.41) is 16.2. The molecule has 0 spiro atoms. The van der Waals surface area contributed by atoms with Crippen LogP contribution in [-0.4, -0.2) is 49.1 Å². The molecule has 1 aromatic rings. The van der Waals surface area contributed by atoms with Gasteiger partial charge in [0.1, 0.15) is 11.4 Å². The lowest BCUT2D eigenvalue weighted by atomic mass is 9.88. The maximum atomic E-state index is 12.6. The molecule has 2 heterocycles. The number of amides is 1. The van der Waals surface area contributed by atoms with Crippen molar-refractivity contribution in [2.45, 2.75) is 57.9 Å². The molecule has 7 heteroatoms. The molecule has 0 saturated carbocycles. The van der Waals surface area contributed by atoms with Crippen LogP contribution in [0.2, 0.25) is 0 Å². The van der Waals surface area contributed by atoms with Crippen LogP contribution in [0.25, 0.3) is 0 Å². The van der Waals surface area contributed by atoms with Crippen molar-refractivity contribution < 1.29 is 14.7 Å². The number of aliphatic carboxylic acids is 1. The average Bonchev–Trinajstić information content (AvgIpc) is 2.87. The third-order valence-corrected chi connectivity index (χ3v) is 3.98. The molecule has 0 radical (unpaired) electrons. The number of carboxylic acids is 1. The molecule has 1 aliphatic rings. The summed E-state index contributed by atoms with van der Waals surface area (Å²) in [6.07, 6.45) is 2.05. The van der Waals surface area contributed by atoms with Crippen LogP contribution < -0.4 is 0 Å². The van der Waals surface area contributed by atoms with Crippen molar-refractivity contribution in [1.29, 1.82) is 0 Å². The van der Waals surface area contributed by atoms with Gasteiger partial charge in [-0.25, -0.2) is 9.78 Å². The van der Waals surface area contributed by atoms with Crippen LogP contribution >= 0.6 is 0 Å². The number of nitrogens with zero attached hydrogens (tertiary/aromatic N) is 3. The molecule has 0 aliphatic carbocycles. The predicted molar refractivity (Wildman–Crippen MR) is 76.0 cm³/mol. The second-order valence-electron chi connectivity index (χ2n) is 6.75. The second kappa shape index (κ2) is 5.13. The summed E-state index contributed by atoms with van der Waals surface area (Å²) in [5.41, 5.74) is -1.43. The molecule has 1 aliphatic heterocycles. The highest BCUT2D eigenvalue weighted by atomic mass is 16.4. The Bertz CT molecular complexity index is 561.